The number of benzene rings is 1. The number of fused-ring (bicyclic) bond motifs is 1. The lowest BCUT2D eigenvalue weighted by molar-refractivity contribution is 0.0916. The van der Waals surface area contributed by atoms with Gasteiger partial charge < -0.3 is 15.4 Å². The number of aromatic nitrogens is 1. The average molecular weight is 308 g/mol. The fraction of sp³-hybridized carbons (Fsp3) is 0.235. The molecule has 6 heteroatoms. The summed E-state index contributed by atoms with van der Waals surface area (Å²) in [6.45, 7) is 1.15. The first-order valence-electron chi connectivity index (χ1n) is 7.31. The Morgan fingerprint density at radius 2 is 2.17 bits per heavy atom. The summed E-state index contributed by atoms with van der Waals surface area (Å²) in [7, 11) is 0. The van der Waals surface area contributed by atoms with Crippen LogP contribution in [0.5, 0.6) is 0 Å². The van der Waals surface area contributed by atoms with E-state index in [4.69, 9.17) is 15.7 Å². The van der Waals surface area contributed by atoms with Crippen LogP contribution in [0.2, 0.25) is 0 Å². The molecule has 2 aromatic rings. The number of nitrogen functional groups attached to an aromatic ring is 1. The molecule has 1 aliphatic rings. The summed E-state index contributed by atoms with van der Waals surface area (Å²) in [5.41, 5.74) is 8.69. The molecule has 23 heavy (non-hydrogen) atoms. The molecule has 0 aliphatic carbocycles. The molecule has 3 rings (SSSR count). The Bertz CT molecular complexity index is 768. The van der Waals surface area contributed by atoms with E-state index in [1.54, 1.807) is 11.0 Å². The van der Waals surface area contributed by atoms with Gasteiger partial charge in [0, 0.05) is 18.7 Å². The van der Waals surface area contributed by atoms with Crippen LogP contribution in [-0.2, 0) is 24.3 Å². The molecule has 0 saturated heterocycles. The van der Waals surface area contributed by atoms with E-state index in [0.717, 1.165) is 16.8 Å². The molecule has 0 spiro atoms. The summed E-state index contributed by atoms with van der Waals surface area (Å²) in [5, 5.41) is 9.03. The highest BCUT2D eigenvalue weighted by Crippen LogP contribution is 2.22. The second-order valence-corrected chi connectivity index (χ2v) is 5.35. The lowest BCUT2D eigenvalue weighted by Gasteiger charge is -2.27. The maximum absolute atomic E-state index is 12.2. The smallest absolute Gasteiger partial charge is 0.410 e. The van der Waals surface area contributed by atoms with Gasteiger partial charge in [0.25, 0.3) is 0 Å². The monoisotopic (exact) mass is 308 g/mol. The fourth-order valence-electron chi connectivity index (χ4n) is 2.54. The third kappa shape index (κ3) is 3.24. The zero-order valence-electron chi connectivity index (χ0n) is 12.5. The Hall–Kier alpha value is -3.07. The van der Waals surface area contributed by atoms with Gasteiger partial charge in [0.05, 0.1) is 12.1 Å². The predicted octanol–water partition coefficient (Wildman–Crippen LogP) is 2.23. The highest BCUT2D eigenvalue weighted by Gasteiger charge is 2.23. The van der Waals surface area contributed by atoms with Crippen molar-refractivity contribution in [3.8, 4) is 6.07 Å². The number of rotatable bonds is 2. The van der Waals surface area contributed by atoms with E-state index in [1.807, 2.05) is 36.4 Å². The number of hydrogen-bond acceptors (Lipinski definition) is 5. The molecule has 0 fully saturated rings. The van der Waals surface area contributed by atoms with E-state index in [1.165, 1.54) is 0 Å². The van der Waals surface area contributed by atoms with Crippen molar-refractivity contribution < 1.29 is 9.53 Å². The summed E-state index contributed by atoms with van der Waals surface area (Å²) in [6, 6.07) is 13.3. The topological polar surface area (TPSA) is 92.2 Å². The van der Waals surface area contributed by atoms with Gasteiger partial charge in [0.1, 0.15) is 18.5 Å². The van der Waals surface area contributed by atoms with E-state index in [-0.39, 0.29) is 18.5 Å². The second kappa shape index (κ2) is 6.36. The molecule has 1 aliphatic heterocycles. The Balaban J connectivity index is 1.67. The summed E-state index contributed by atoms with van der Waals surface area (Å²) < 4.78 is 5.34. The molecule has 0 unspecified atom stereocenters. The van der Waals surface area contributed by atoms with E-state index < -0.39 is 0 Å². The van der Waals surface area contributed by atoms with Crippen molar-refractivity contribution in [2.45, 2.75) is 19.6 Å². The first kappa shape index (κ1) is 14.9. The lowest BCUT2D eigenvalue weighted by atomic mass is 10.0. The second-order valence-electron chi connectivity index (χ2n) is 5.35. The standard InChI is InChI=1S/C17H16N4O2/c18-9-13-8-14-10-21(7-6-15(14)20-16(13)19)17(22)23-11-12-4-2-1-3-5-12/h1-5,8H,6-7,10-11H2,(H2,19,20). The molecule has 0 atom stereocenters. The lowest BCUT2D eigenvalue weighted by Crippen LogP contribution is -2.36. The van der Waals surface area contributed by atoms with Gasteiger partial charge in [-0.3, -0.25) is 0 Å². The van der Waals surface area contributed by atoms with Crippen molar-refractivity contribution in [3.63, 3.8) is 0 Å². The van der Waals surface area contributed by atoms with Crippen LogP contribution >= 0.6 is 0 Å². The normalized spacial score (nSPS) is 13.1. The van der Waals surface area contributed by atoms with Crippen LogP contribution in [0, 0.1) is 11.3 Å². The number of nitrogens with two attached hydrogens (primary N) is 1. The van der Waals surface area contributed by atoms with Crippen molar-refractivity contribution in [3.05, 3.63) is 58.8 Å². The molecular weight excluding hydrogens is 292 g/mol. The van der Waals surface area contributed by atoms with Crippen LogP contribution in [0.4, 0.5) is 10.6 Å². The van der Waals surface area contributed by atoms with E-state index in [2.05, 4.69) is 4.98 Å². The molecule has 6 nitrogen and oxygen atoms in total. The first-order chi connectivity index (χ1) is 11.2. The molecule has 1 amide bonds. The Morgan fingerprint density at radius 1 is 1.39 bits per heavy atom. The number of amides is 1. The maximum atomic E-state index is 12.2. The van der Waals surface area contributed by atoms with Gasteiger partial charge in [-0.2, -0.15) is 5.26 Å². The van der Waals surface area contributed by atoms with Crippen LogP contribution in [0.3, 0.4) is 0 Å². The van der Waals surface area contributed by atoms with Gasteiger partial charge in [-0.15, -0.1) is 0 Å². The van der Waals surface area contributed by atoms with Crippen molar-refractivity contribution in [2.75, 3.05) is 12.3 Å². The van der Waals surface area contributed by atoms with Gasteiger partial charge in [0.2, 0.25) is 0 Å². The molecule has 2 N–H and O–H groups in total. The van der Waals surface area contributed by atoms with Crippen molar-refractivity contribution in [1.29, 1.82) is 5.26 Å². The maximum Gasteiger partial charge on any atom is 0.410 e. The Morgan fingerprint density at radius 3 is 2.91 bits per heavy atom. The number of nitriles is 1. The number of carbonyl (C=O) groups excluding carboxylic acids is 1. The number of carbonyl (C=O) groups is 1. The predicted molar refractivity (Wildman–Crippen MR) is 84.1 cm³/mol. The number of ether oxygens (including phenoxy) is 1. The molecule has 1 aromatic carbocycles. The fourth-order valence-corrected chi connectivity index (χ4v) is 2.54. The SMILES string of the molecule is N#Cc1cc2c(nc1N)CCN(C(=O)OCc1ccccc1)C2. The number of anilines is 1. The summed E-state index contributed by atoms with van der Waals surface area (Å²) in [4.78, 5) is 18.1. The number of nitrogens with zero attached hydrogens (tertiary/aromatic N) is 3. The van der Waals surface area contributed by atoms with Crippen molar-refractivity contribution >= 4 is 11.9 Å². The Kier molecular flexibility index (Phi) is 4.11. The molecular formula is C17H16N4O2. The first-order valence-corrected chi connectivity index (χ1v) is 7.31. The minimum Gasteiger partial charge on any atom is -0.445 e. The van der Waals surface area contributed by atoms with Crippen LogP contribution < -0.4 is 5.73 Å². The molecule has 116 valence electrons. The van der Waals surface area contributed by atoms with Crippen molar-refractivity contribution in [1.82, 2.24) is 9.88 Å². The molecule has 0 bridgehead atoms. The van der Waals surface area contributed by atoms with Gasteiger partial charge in [0.15, 0.2) is 0 Å². The zero-order chi connectivity index (χ0) is 16.2. The van der Waals surface area contributed by atoms with E-state index in [9.17, 15) is 4.79 Å². The van der Waals surface area contributed by atoms with Gasteiger partial charge in [-0.25, -0.2) is 9.78 Å². The van der Waals surface area contributed by atoms with Crippen LogP contribution in [-0.4, -0.2) is 22.5 Å². The third-order valence-electron chi connectivity index (χ3n) is 3.78. The highest BCUT2D eigenvalue weighted by molar-refractivity contribution is 5.68. The zero-order valence-corrected chi connectivity index (χ0v) is 12.5. The van der Waals surface area contributed by atoms with Crippen LogP contribution in [0.15, 0.2) is 36.4 Å². The Labute approximate surface area is 134 Å². The minimum atomic E-state index is -0.366. The van der Waals surface area contributed by atoms with Gasteiger partial charge in [-0.05, 0) is 17.2 Å². The number of hydrogen-bond donors (Lipinski definition) is 1. The van der Waals surface area contributed by atoms with Crippen LogP contribution in [0.1, 0.15) is 22.4 Å². The minimum absolute atomic E-state index is 0.242. The number of pyridine rings is 1. The molecule has 0 radical (unpaired) electrons. The van der Waals surface area contributed by atoms with Crippen LogP contribution in [0.25, 0.3) is 0 Å². The highest BCUT2D eigenvalue weighted by atomic mass is 16.6. The summed E-state index contributed by atoms with van der Waals surface area (Å²) in [5.74, 6) is 0.242. The van der Waals surface area contributed by atoms with Gasteiger partial charge in [-0.1, -0.05) is 30.3 Å². The summed E-state index contributed by atoms with van der Waals surface area (Å²) >= 11 is 0. The quantitative estimate of drug-likeness (QED) is 0.918. The van der Waals surface area contributed by atoms with E-state index in [0.29, 0.717) is 25.1 Å². The van der Waals surface area contributed by atoms with Crippen molar-refractivity contribution in [2.24, 2.45) is 0 Å². The third-order valence-corrected chi connectivity index (χ3v) is 3.78. The largest absolute Gasteiger partial charge is 0.445 e. The van der Waals surface area contributed by atoms with E-state index >= 15 is 0 Å². The molecule has 1 aromatic heterocycles. The molecule has 2 heterocycles. The molecule has 0 saturated carbocycles. The average Bonchev–Trinajstić information content (AvgIpc) is 2.59. The summed E-state index contributed by atoms with van der Waals surface area (Å²) in [6.07, 6.45) is 0.237. The van der Waals surface area contributed by atoms with Gasteiger partial charge >= 0.3 is 6.09 Å².